The largest absolute Gasteiger partial charge is 0.264 e. The first kappa shape index (κ1) is 24.5. The van der Waals surface area contributed by atoms with Crippen LogP contribution in [0.1, 0.15) is 31.0 Å². The second-order valence-corrected chi connectivity index (χ2v) is 13.0. The molecule has 0 aliphatic carbocycles. The van der Waals surface area contributed by atoms with Crippen molar-refractivity contribution in [3.8, 4) is 0 Å². The minimum absolute atomic E-state index is 0.122. The van der Waals surface area contributed by atoms with E-state index in [0.29, 0.717) is 5.70 Å². The van der Waals surface area contributed by atoms with E-state index in [1.807, 2.05) is 44.2 Å². The van der Waals surface area contributed by atoms with Crippen molar-refractivity contribution < 1.29 is 16.8 Å². The Morgan fingerprint density at radius 2 is 1.17 bits per heavy atom. The highest BCUT2D eigenvalue weighted by molar-refractivity contribution is 7.89. The maximum atomic E-state index is 14.0. The Bertz CT molecular complexity index is 1580. The third-order valence-corrected chi connectivity index (χ3v) is 10.7. The van der Waals surface area contributed by atoms with Gasteiger partial charge in [0.05, 0.1) is 15.8 Å². The molecular formula is C28H28N2O4S2. The van der Waals surface area contributed by atoms with Crippen LogP contribution in [0.4, 0.5) is 0 Å². The van der Waals surface area contributed by atoms with Crippen LogP contribution >= 0.6 is 0 Å². The quantitative estimate of drug-likeness (QED) is 0.473. The Hall–Kier alpha value is -3.20. The Kier molecular flexibility index (Phi) is 6.14. The number of sulfonamides is 2. The molecule has 5 rings (SSSR count). The van der Waals surface area contributed by atoms with Crippen molar-refractivity contribution >= 4 is 20.0 Å². The number of fused-ring (bicyclic) bond motifs is 1. The molecule has 1 saturated heterocycles. The molecule has 3 aromatic rings. The molecule has 0 N–H and O–H groups in total. The van der Waals surface area contributed by atoms with Gasteiger partial charge < -0.3 is 0 Å². The van der Waals surface area contributed by atoms with Gasteiger partial charge in [0, 0.05) is 18.8 Å². The zero-order valence-corrected chi connectivity index (χ0v) is 22.1. The Morgan fingerprint density at radius 1 is 0.639 bits per heavy atom. The fourth-order valence-electron chi connectivity index (χ4n) is 5.04. The zero-order chi connectivity index (χ0) is 25.7. The van der Waals surface area contributed by atoms with Crippen LogP contribution in [0.5, 0.6) is 0 Å². The molecule has 1 fully saturated rings. The highest BCUT2D eigenvalue weighted by Gasteiger charge is 2.44. The fraction of sp³-hybridized carbons (Fsp3) is 0.214. The van der Waals surface area contributed by atoms with E-state index in [1.54, 1.807) is 61.5 Å². The molecule has 2 heterocycles. The van der Waals surface area contributed by atoms with Crippen LogP contribution in [-0.4, -0.2) is 38.5 Å². The van der Waals surface area contributed by atoms with Crippen LogP contribution in [0, 0.1) is 6.92 Å². The first-order chi connectivity index (χ1) is 17.1. The highest BCUT2D eigenvalue weighted by atomic mass is 32.2. The van der Waals surface area contributed by atoms with Gasteiger partial charge in [0.2, 0.25) is 10.0 Å². The number of allylic oxidation sites excluding steroid dienone is 1. The van der Waals surface area contributed by atoms with Crippen molar-refractivity contribution in [1.29, 1.82) is 0 Å². The smallest absolute Gasteiger partial charge is 0.258 e. The maximum Gasteiger partial charge on any atom is 0.264 e. The summed E-state index contributed by atoms with van der Waals surface area (Å²) in [5, 5.41) is 0. The lowest BCUT2D eigenvalue weighted by Crippen LogP contribution is -2.37. The fourth-order valence-corrected chi connectivity index (χ4v) is 8.17. The summed E-state index contributed by atoms with van der Waals surface area (Å²) in [4.78, 5) is 0.431. The molecule has 1 atom stereocenters. The lowest BCUT2D eigenvalue weighted by Gasteiger charge is -2.39. The van der Waals surface area contributed by atoms with E-state index in [4.69, 9.17) is 0 Å². The summed E-state index contributed by atoms with van der Waals surface area (Å²) >= 11 is 0. The van der Waals surface area contributed by atoms with E-state index in [-0.39, 0.29) is 22.9 Å². The molecule has 2 aliphatic rings. The number of nitrogens with zero attached hydrogens (tertiary/aromatic N) is 2. The minimum Gasteiger partial charge on any atom is -0.258 e. The molecule has 0 spiro atoms. The van der Waals surface area contributed by atoms with Crippen molar-refractivity contribution in [3.05, 3.63) is 118 Å². The van der Waals surface area contributed by atoms with Gasteiger partial charge >= 0.3 is 0 Å². The molecule has 0 radical (unpaired) electrons. The molecule has 6 nitrogen and oxygen atoms in total. The zero-order valence-electron chi connectivity index (χ0n) is 20.4. The van der Waals surface area contributed by atoms with Crippen molar-refractivity contribution in [1.82, 2.24) is 8.61 Å². The van der Waals surface area contributed by atoms with E-state index in [2.05, 4.69) is 0 Å². The average Bonchev–Trinajstić information content (AvgIpc) is 3.35. The molecule has 186 valence electrons. The standard InChI is InChI=1S/C28H28N2O4S2/c1-20-14-16-25(17-15-20)35(31,32)29-18-26-21(2)28(23-10-6-4-7-11-23)30(22(3)27(26)19-29)36(33,34)24-12-8-5-9-13-24/h4-17,28H,18-19H2,1-3H3. The molecule has 8 heteroatoms. The summed E-state index contributed by atoms with van der Waals surface area (Å²) in [6.45, 7) is 5.93. The lowest BCUT2D eigenvalue weighted by atomic mass is 9.89. The number of rotatable bonds is 5. The van der Waals surface area contributed by atoms with Crippen LogP contribution < -0.4 is 0 Å². The molecule has 0 amide bonds. The van der Waals surface area contributed by atoms with E-state index in [9.17, 15) is 16.8 Å². The first-order valence-corrected chi connectivity index (χ1v) is 14.6. The van der Waals surface area contributed by atoms with E-state index < -0.39 is 26.1 Å². The summed E-state index contributed by atoms with van der Waals surface area (Å²) in [6, 6.07) is 24.1. The van der Waals surface area contributed by atoms with Gasteiger partial charge in [-0.2, -0.15) is 4.31 Å². The predicted octanol–water partition coefficient (Wildman–Crippen LogP) is 5.04. The molecule has 0 saturated carbocycles. The third kappa shape index (κ3) is 3.99. The lowest BCUT2D eigenvalue weighted by molar-refractivity contribution is 0.408. The maximum absolute atomic E-state index is 14.0. The van der Waals surface area contributed by atoms with Gasteiger partial charge in [-0.25, -0.2) is 16.8 Å². The number of benzene rings is 3. The summed E-state index contributed by atoms with van der Waals surface area (Å²) in [6.07, 6.45) is 0. The van der Waals surface area contributed by atoms with Crippen molar-refractivity contribution in [3.63, 3.8) is 0 Å². The Balaban J connectivity index is 1.66. The number of hydrogen-bond donors (Lipinski definition) is 0. The van der Waals surface area contributed by atoms with Crippen LogP contribution in [0.3, 0.4) is 0 Å². The van der Waals surface area contributed by atoms with Crippen molar-refractivity contribution in [2.75, 3.05) is 13.1 Å². The molecule has 3 aromatic carbocycles. The van der Waals surface area contributed by atoms with Crippen molar-refractivity contribution in [2.24, 2.45) is 0 Å². The van der Waals surface area contributed by atoms with Gasteiger partial charge in [0.25, 0.3) is 10.0 Å². The summed E-state index contributed by atoms with van der Waals surface area (Å²) < 4.78 is 57.9. The average molecular weight is 521 g/mol. The van der Waals surface area contributed by atoms with Crippen LogP contribution in [0.15, 0.2) is 117 Å². The predicted molar refractivity (Wildman–Crippen MR) is 140 cm³/mol. The molecule has 36 heavy (non-hydrogen) atoms. The van der Waals surface area contributed by atoms with Gasteiger partial charge in [-0.15, -0.1) is 0 Å². The summed E-state index contributed by atoms with van der Waals surface area (Å²) in [5.41, 5.74) is 4.83. The Morgan fingerprint density at radius 3 is 1.78 bits per heavy atom. The first-order valence-electron chi connectivity index (χ1n) is 11.7. The summed E-state index contributed by atoms with van der Waals surface area (Å²) in [7, 11) is -7.67. The van der Waals surface area contributed by atoms with Gasteiger partial charge in [0.1, 0.15) is 0 Å². The van der Waals surface area contributed by atoms with Gasteiger partial charge in [-0.05, 0) is 67.3 Å². The molecule has 1 unspecified atom stereocenters. The monoisotopic (exact) mass is 520 g/mol. The molecule has 0 aromatic heterocycles. The third-order valence-electron chi connectivity index (χ3n) is 7.00. The molecular weight excluding hydrogens is 492 g/mol. The normalized spacial score (nSPS) is 19.1. The Labute approximate surface area is 213 Å². The number of aryl methyl sites for hydroxylation is 1. The minimum atomic E-state index is -3.92. The number of hydrogen-bond acceptors (Lipinski definition) is 4. The van der Waals surface area contributed by atoms with Gasteiger partial charge in [-0.1, -0.05) is 66.2 Å². The second-order valence-electron chi connectivity index (χ2n) is 9.24. The van der Waals surface area contributed by atoms with E-state index in [1.165, 1.54) is 8.61 Å². The topological polar surface area (TPSA) is 74.8 Å². The van der Waals surface area contributed by atoms with Gasteiger partial charge in [-0.3, -0.25) is 4.31 Å². The summed E-state index contributed by atoms with van der Waals surface area (Å²) in [5.74, 6) is 0. The molecule has 2 aliphatic heterocycles. The van der Waals surface area contributed by atoms with Crippen LogP contribution in [0.2, 0.25) is 0 Å². The highest BCUT2D eigenvalue weighted by Crippen LogP contribution is 2.46. The second kappa shape index (κ2) is 9.03. The van der Waals surface area contributed by atoms with Crippen LogP contribution in [0.25, 0.3) is 0 Å². The molecule has 0 bridgehead atoms. The van der Waals surface area contributed by atoms with E-state index >= 15 is 0 Å². The van der Waals surface area contributed by atoms with Crippen molar-refractivity contribution in [2.45, 2.75) is 36.6 Å². The van der Waals surface area contributed by atoms with E-state index in [0.717, 1.165) is 27.8 Å². The van der Waals surface area contributed by atoms with Crippen LogP contribution in [-0.2, 0) is 20.0 Å². The SMILES string of the molecule is CC1=C2CN(S(=O)(=O)c3ccc(C)cc3)CC2=C(C)N(S(=O)(=O)c2ccccc2)C1c1ccccc1. The van der Waals surface area contributed by atoms with Gasteiger partial charge in [0.15, 0.2) is 0 Å².